The molecule has 0 aromatic heterocycles. The zero-order chi connectivity index (χ0) is 31.0. The highest BCUT2D eigenvalue weighted by Gasteiger charge is 2.44. The van der Waals surface area contributed by atoms with Gasteiger partial charge in [0.2, 0.25) is 5.91 Å². The molecule has 1 saturated heterocycles. The fourth-order valence-corrected chi connectivity index (χ4v) is 5.57. The van der Waals surface area contributed by atoms with Crippen LogP contribution in [0.3, 0.4) is 0 Å². The summed E-state index contributed by atoms with van der Waals surface area (Å²) in [5.74, 6) is -0.150. The van der Waals surface area contributed by atoms with E-state index in [1.807, 2.05) is 0 Å². The fraction of sp³-hybridized carbons (Fsp3) is 0.970. The summed E-state index contributed by atoms with van der Waals surface area (Å²) in [5, 5.41) is 53.7. The molecule has 250 valence electrons. The lowest BCUT2D eigenvalue weighted by Gasteiger charge is -2.40. The number of carbonyl (C=O) groups excluding carboxylic acids is 1. The highest BCUT2D eigenvalue weighted by Crippen LogP contribution is 2.23. The number of carbonyl (C=O) groups is 1. The van der Waals surface area contributed by atoms with Crippen molar-refractivity contribution in [1.29, 1.82) is 0 Å². The first-order valence-electron chi connectivity index (χ1n) is 17.2. The van der Waals surface area contributed by atoms with Gasteiger partial charge in [-0.15, -0.1) is 0 Å². The second-order valence-corrected chi connectivity index (χ2v) is 12.3. The van der Waals surface area contributed by atoms with Crippen molar-refractivity contribution < 1.29 is 39.8 Å². The van der Waals surface area contributed by atoms with Crippen molar-refractivity contribution in [2.45, 2.75) is 192 Å². The van der Waals surface area contributed by atoms with E-state index >= 15 is 0 Å². The Morgan fingerprint density at radius 2 is 1.19 bits per heavy atom. The van der Waals surface area contributed by atoms with Crippen LogP contribution in [-0.4, -0.2) is 87.5 Å². The predicted molar refractivity (Wildman–Crippen MR) is 166 cm³/mol. The smallest absolute Gasteiger partial charge is 0.220 e. The summed E-state index contributed by atoms with van der Waals surface area (Å²) in [6, 6.07) is -0.706. The minimum atomic E-state index is -1.54. The van der Waals surface area contributed by atoms with Crippen LogP contribution in [0.25, 0.3) is 0 Å². The lowest BCUT2D eigenvalue weighted by Crippen LogP contribution is -2.60. The van der Waals surface area contributed by atoms with Gasteiger partial charge in [-0.3, -0.25) is 4.79 Å². The van der Waals surface area contributed by atoms with E-state index in [9.17, 15) is 30.3 Å². The number of amides is 1. The van der Waals surface area contributed by atoms with Crippen LogP contribution in [0.15, 0.2) is 0 Å². The van der Waals surface area contributed by atoms with Crippen molar-refractivity contribution in [2.75, 3.05) is 13.2 Å². The van der Waals surface area contributed by atoms with Crippen LogP contribution in [0.4, 0.5) is 0 Å². The van der Waals surface area contributed by atoms with Crippen molar-refractivity contribution in [3.05, 3.63) is 0 Å². The minimum absolute atomic E-state index is 0.134. The summed E-state index contributed by atoms with van der Waals surface area (Å²) in [6.45, 7) is 3.76. The number of nitrogens with one attached hydrogen (secondary N) is 1. The molecule has 0 radical (unpaired) electrons. The van der Waals surface area contributed by atoms with E-state index in [1.165, 1.54) is 83.5 Å². The van der Waals surface area contributed by atoms with Crippen LogP contribution in [0.5, 0.6) is 0 Å². The molecule has 0 saturated carbocycles. The molecular formula is C33H65NO8. The van der Waals surface area contributed by atoms with Crippen LogP contribution in [0, 0.1) is 0 Å². The van der Waals surface area contributed by atoms with Crippen LogP contribution < -0.4 is 5.32 Å². The van der Waals surface area contributed by atoms with Gasteiger partial charge in [0.05, 0.1) is 25.4 Å². The van der Waals surface area contributed by atoms with E-state index in [1.54, 1.807) is 0 Å². The van der Waals surface area contributed by atoms with Gasteiger partial charge in [0.25, 0.3) is 0 Å². The molecule has 9 heteroatoms. The highest BCUT2D eigenvalue weighted by molar-refractivity contribution is 5.76. The maximum atomic E-state index is 12.8. The lowest BCUT2D eigenvalue weighted by atomic mass is 9.99. The van der Waals surface area contributed by atoms with Crippen molar-refractivity contribution in [1.82, 2.24) is 5.32 Å². The van der Waals surface area contributed by atoms with E-state index in [0.717, 1.165) is 38.5 Å². The molecule has 1 fully saturated rings. The van der Waals surface area contributed by atoms with E-state index in [-0.39, 0.29) is 12.5 Å². The normalized spacial score (nSPS) is 24.0. The second-order valence-electron chi connectivity index (χ2n) is 12.3. The van der Waals surface area contributed by atoms with Gasteiger partial charge in [-0.2, -0.15) is 0 Å². The molecule has 0 bridgehead atoms. The summed E-state index contributed by atoms with van der Waals surface area (Å²) >= 11 is 0. The Bertz CT molecular complexity index is 637. The molecule has 2 unspecified atom stereocenters. The average Bonchev–Trinajstić information content (AvgIpc) is 2.98. The van der Waals surface area contributed by atoms with Gasteiger partial charge in [0.15, 0.2) is 6.29 Å². The topological polar surface area (TPSA) is 149 Å². The molecule has 1 rings (SSSR count). The molecule has 1 heterocycles. The van der Waals surface area contributed by atoms with Gasteiger partial charge in [0.1, 0.15) is 24.4 Å². The van der Waals surface area contributed by atoms with Gasteiger partial charge < -0.3 is 40.3 Å². The van der Waals surface area contributed by atoms with Gasteiger partial charge >= 0.3 is 0 Å². The molecule has 0 aromatic carbocycles. The van der Waals surface area contributed by atoms with Crippen molar-refractivity contribution in [3.8, 4) is 0 Å². The first-order valence-corrected chi connectivity index (χ1v) is 17.2. The summed E-state index contributed by atoms with van der Waals surface area (Å²) in [4.78, 5) is 12.8. The van der Waals surface area contributed by atoms with E-state index in [4.69, 9.17) is 9.47 Å². The fourth-order valence-electron chi connectivity index (χ4n) is 5.57. The van der Waals surface area contributed by atoms with Gasteiger partial charge in [-0.1, -0.05) is 129 Å². The molecule has 1 aliphatic rings. The summed E-state index contributed by atoms with van der Waals surface area (Å²) in [7, 11) is 0. The molecule has 42 heavy (non-hydrogen) atoms. The zero-order valence-electron chi connectivity index (χ0n) is 26.8. The Morgan fingerprint density at radius 1 is 0.714 bits per heavy atom. The van der Waals surface area contributed by atoms with Crippen LogP contribution in [0.2, 0.25) is 0 Å². The molecule has 7 atom stereocenters. The molecule has 6 N–H and O–H groups in total. The Balaban J connectivity index is 2.48. The quantitative estimate of drug-likeness (QED) is 0.0728. The number of hydrogen-bond acceptors (Lipinski definition) is 8. The minimum Gasteiger partial charge on any atom is -0.394 e. The van der Waals surface area contributed by atoms with Crippen molar-refractivity contribution >= 4 is 5.91 Å². The van der Waals surface area contributed by atoms with Gasteiger partial charge in [0, 0.05) is 6.42 Å². The molecular weight excluding hydrogens is 538 g/mol. The van der Waals surface area contributed by atoms with Crippen molar-refractivity contribution in [3.63, 3.8) is 0 Å². The Morgan fingerprint density at radius 3 is 1.69 bits per heavy atom. The molecule has 1 amide bonds. The maximum Gasteiger partial charge on any atom is 0.220 e. The monoisotopic (exact) mass is 603 g/mol. The number of aliphatic hydroxyl groups excluding tert-OH is 5. The number of unbranched alkanes of at least 4 members (excludes halogenated alkanes) is 17. The number of rotatable bonds is 27. The molecule has 0 aliphatic carbocycles. The summed E-state index contributed by atoms with van der Waals surface area (Å²) in [6.07, 6.45) is 15.5. The maximum absolute atomic E-state index is 12.8. The standard InChI is InChI=1S/C33H65NO8/c1-3-5-7-9-11-13-15-17-19-21-23-29(37)34-26(27(36)22-20-18-16-14-12-10-8-6-4-2)25-41-33-32(40)31(39)30(38)28(24-35)42-33/h26-28,30-33,35-36,38-40H,3-25H2,1-2H3,(H,34,37)/t26-,27+,28+,30+,31?,32?,33+/m0/s1. The summed E-state index contributed by atoms with van der Waals surface area (Å²) < 4.78 is 11.1. The Kier molecular flexibility index (Phi) is 23.8. The molecule has 0 spiro atoms. The van der Waals surface area contributed by atoms with E-state index in [0.29, 0.717) is 12.8 Å². The Labute approximate surface area is 255 Å². The second kappa shape index (κ2) is 25.5. The average molecular weight is 604 g/mol. The SMILES string of the molecule is CCCCCCCCCCCCC(=O)N[C@@H](CO[C@@H]1O[C@H](CO)[C@@H](O)C(O)C1O)[C@H](O)CCCCCCCCCCC. The zero-order valence-corrected chi connectivity index (χ0v) is 26.8. The molecule has 0 aromatic rings. The number of ether oxygens (including phenoxy) is 2. The van der Waals surface area contributed by atoms with Crippen LogP contribution >= 0.6 is 0 Å². The van der Waals surface area contributed by atoms with Gasteiger partial charge in [-0.05, 0) is 12.8 Å². The number of hydrogen-bond donors (Lipinski definition) is 6. The molecule has 1 aliphatic heterocycles. The van der Waals surface area contributed by atoms with Crippen LogP contribution in [-0.2, 0) is 14.3 Å². The van der Waals surface area contributed by atoms with E-state index in [2.05, 4.69) is 19.2 Å². The summed E-state index contributed by atoms with van der Waals surface area (Å²) in [5.41, 5.74) is 0. The lowest BCUT2D eigenvalue weighted by molar-refractivity contribution is -0.302. The number of aliphatic hydroxyl groups is 5. The van der Waals surface area contributed by atoms with Crippen LogP contribution in [0.1, 0.15) is 149 Å². The van der Waals surface area contributed by atoms with Crippen molar-refractivity contribution in [2.24, 2.45) is 0 Å². The van der Waals surface area contributed by atoms with E-state index < -0.39 is 49.5 Å². The van der Waals surface area contributed by atoms with Gasteiger partial charge in [-0.25, -0.2) is 0 Å². The largest absolute Gasteiger partial charge is 0.394 e. The highest BCUT2D eigenvalue weighted by atomic mass is 16.7. The predicted octanol–water partition coefficient (Wildman–Crippen LogP) is 4.88. The Hall–Kier alpha value is -0.810. The third-order valence-corrected chi connectivity index (χ3v) is 8.46. The third-order valence-electron chi connectivity index (χ3n) is 8.46. The molecule has 9 nitrogen and oxygen atoms in total. The third kappa shape index (κ3) is 17.5. The first-order chi connectivity index (χ1) is 20.3. The first kappa shape index (κ1) is 39.2.